The molecule has 1 amide bonds. The Labute approximate surface area is 134 Å². The maximum absolute atomic E-state index is 12.4. The van der Waals surface area contributed by atoms with E-state index < -0.39 is 0 Å². The zero-order valence-corrected chi connectivity index (χ0v) is 12.7. The van der Waals surface area contributed by atoms with Gasteiger partial charge in [0.2, 0.25) is 0 Å². The van der Waals surface area contributed by atoms with Gasteiger partial charge in [-0.3, -0.25) is 10.2 Å². The van der Waals surface area contributed by atoms with Crippen molar-refractivity contribution in [1.82, 2.24) is 4.90 Å². The molecule has 6 nitrogen and oxygen atoms in total. The average molecular weight is 310 g/mol. The van der Waals surface area contributed by atoms with Gasteiger partial charge in [-0.2, -0.15) is 0 Å². The lowest BCUT2D eigenvalue weighted by Gasteiger charge is -2.27. The minimum Gasteiger partial charge on any atom is -0.383 e. The lowest BCUT2D eigenvalue weighted by molar-refractivity contribution is 0.0303. The summed E-state index contributed by atoms with van der Waals surface area (Å²) >= 11 is 0. The van der Waals surface area contributed by atoms with E-state index in [4.69, 9.17) is 15.9 Å². The third-order valence-electron chi connectivity index (χ3n) is 3.95. The molecule has 6 heteroatoms. The summed E-state index contributed by atoms with van der Waals surface area (Å²) in [6.45, 7) is 6.15. The zero-order valence-electron chi connectivity index (χ0n) is 12.7. The van der Waals surface area contributed by atoms with Gasteiger partial charge in [0.15, 0.2) is 0 Å². The van der Waals surface area contributed by atoms with Gasteiger partial charge in [0.1, 0.15) is 5.84 Å². The van der Waals surface area contributed by atoms with Gasteiger partial charge < -0.3 is 15.4 Å². The van der Waals surface area contributed by atoms with Gasteiger partial charge in [-0.15, -0.1) is 0 Å². The Hall–Kier alpha value is -2.73. The van der Waals surface area contributed by atoms with Crippen molar-refractivity contribution in [3.05, 3.63) is 53.7 Å². The van der Waals surface area contributed by atoms with E-state index in [0.717, 1.165) is 5.56 Å². The summed E-state index contributed by atoms with van der Waals surface area (Å²) in [7, 11) is 0. The smallest absolute Gasteiger partial charge is 0.254 e. The maximum Gasteiger partial charge on any atom is 0.254 e. The normalized spacial score (nSPS) is 18.5. The third kappa shape index (κ3) is 2.93. The van der Waals surface area contributed by atoms with Gasteiger partial charge in [0.25, 0.3) is 5.91 Å². The standard InChI is InChI=1S/C17H18N4O2/c1-11-15(18)14(10-20-16(11)19)12-2-4-13(5-3-12)17(22)21-6-8-23-9-7-21/h2-5,10,18H,1,6-9H2,(H2,19,20). The third-order valence-corrected chi connectivity index (χ3v) is 3.95. The summed E-state index contributed by atoms with van der Waals surface area (Å²) in [6.07, 6.45) is 1.56. The van der Waals surface area contributed by atoms with Crippen LogP contribution < -0.4 is 5.73 Å². The highest BCUT2D eigenvalue weighted by molar-refractivity contribution is 6.41. The van der Waals surface area contributed by atoms with Gasteiger partial charge in [-0.1, -0.05) is 18.7 Å². The summed E-state index contributed by atoms with van der Waals surface area (Å²) in [6, 6.07) is 7.17. The van der Waals surface area contributed by atoms with Crippen molar-refractivity contribution in [2.75, 3.05) is 26.3 Å². The van der Waals surface area contributed by atoms with E-state index in [9.17, 15) is 4.79 Å². The molecule has 0 aromatic heterocycles. The molecule has 0 aliphatic carbocycles. The Morgan fingerprint density at radius 1 is 1.26 bits per heavy atom. The molecule has 3 N–H and O–H groups in total. The number of carbonyl (C=O) groups excluding carboxylic acids is 1. The molecular formula is C17H18N4O2. The number of hydrogen-bond acceptors (Lipinski definition) is 5. The fourth-order valence-electron chi connectivity index (χ4n) is 2.53. The highest BCUT2D eigenvalue weighted by Gasteiger charge is 2.20. The average Bonchev–Trinajstić information content (AvgIpc) is 2.60. The molecule has 0 radical (unpaired) electrons. The van der Waals surface area contributed by atoms with Gasteiger partial charge >= 0.3 is 0 Å². The molecule has 0 saturated carbocycles. The van der Waals surface area contributed by atoms with Gasteiger partial charge in [0, 0.05) is 36.0 Å². The van der Waals surface area contributed by atoms with Crippen LogP contribution in [0.15, 0.2) is 47.6 Å². The summed E-state index contributed by atoms with van der Waals surface area (Å²) in [5.74, 6) is 0.261. The van der Waals surface area contributed by atoms with Crippen LogP contribution in [0.5, 0.6) is 0 Å². The molecule has 2 aliphatic rings. The minimum atomic E-state index is -0.000717. The van der Waals surface area contributed by atoms with Crippen LogP contribution >= 0.6 is 0 Å². The quantitative estimate of drug-likeness (QED) is 0.866. The number of ether oxygens (including phenoxy) is 1. The molecule has 0 bridgehead atoms. The van der Waals surface area contributed by atoms with Crippen molar-refractivity contribution in [3.63, 3.8) is 0 Å². The highest BCUT2D eigenvalue weighted by Crippen LogP contribution is 2.23. The van der Waals surface area contributed by atoms with E-state index in [1.807, 2.05) is 12.1 Å². The second-order valence-electron chi connectivity index (χ2n) is 5.39. The number of benzene rings is 1. The van der Waals surface area contributed by atoms with Gasteiger partial charge in [-0.25, -0.2) is 4.99 Å². The highest BCUT2D eigenvalue weighted by atomic mass is 16.5. The van der Waals surface area contributed by atoms with Crippen molar-refractivity contribution in [2.45, 2.75) is 0 Å². The van der Waals surface area contributed by atoms with Crippen molar-refractivity contribution in [1.29, 1.82) is 5.41 Å². The van der Waals surface area contributed by atoms with Crippen LogP contribution in [0.25, 0.3) is 5.57 Å². The maximum atomic E-state index is 12.4. The van der Waals surface area contributed by atoms with Crippen LogP contribution in [-0.4, -0.2) is 48.7 Å². The molecule has 0 unspecified atom stereocenters. The van der Waals surface area contributed by atoms with Crippen molar-refractivity contribution in [3.8, 4) is 0 Å². The van der Waals surface area contributed by atoms with Crippen molar-refractivity contribution in [2.24, 2.45) is 10.7 Å². The molecule has 2 heterocycles. The van der Waals surface area contributed by atoms with Crippen LogP contribution in [-0.2, 0) is 4.74 Å². The fourth-order valence-corrected chi connectivity index (χ4v) is 2.53. The number of nitrogens with two attached hydrogens (primary N) is 1. The van der Waals surface area contributed by atoms with Crippen LogP contribution in [0, 0.1) is 5.41 Å². The molecular weight excluding hydrogens is 292 g/mol. The number of nitrogens with zero attached hydrogens (tertiary/aromatic N) is 2. The van der Waals surface area contributed by atoms with Crippen LogP contribution in [0.4, 0.5) is 0 Å². The molecule has 0 spiro atoms. The monoisotopic (exact) mass is 310 g/mol. The number of amides is 1. The number of hydrogen-bond donors (Lipinski definition) is 2. The molecule has 0 atom stereocenters. The zero-order chi connectivity index (χ0) is 16.4. The Balaban J connectivity index is 1.81. The first-order valence-corrected chi connectivity index (χ1v) is 7.37. The van der Waals surface area contributed by atoms with Gasteiger partial charge in [0.05, 0.1) is 18.9 Å². The van der Waals surface area contributed by atoms with Crippen molar-refractivity contribution >= 4 is 23.0 Å². The second kappa shape index (κ2) is 6.18. The predicted octanol–water partition coefficient (Wildman–Crippen LogP) is 1.45. The molecule has 1 fully saturated rings. The molecule has 1 saturated heterocycles. The number of amidine groups is 1. The number of carbonyl (C=O) groups is 1. The summed E-state index contributed by atoms with van der Waals surface area (Å²) in [4.78, 5) is 18.2. The number of morpholine rings is 1. The minimum absolute atomic E-state index is 0.000717. The number of nitrogens with one attached hydrogen (secondary N) is 1. The molecule has 3 rings (SSSR count). The van der Waals surface area contributed by atoms with Crippen LogP contribution in [0.2, 0.25) is 0 Å². The van der Waals surface area contributed by atoms with E-state index in [2.05, 4.69) is 11.6 Å². The Morgan fingerprint density at radius 3 is 2.57 bits per heavy atom. The summed E-state index contributed by atoms with van der Waals surface area (Å²) in [5.41, 5.74) is 8.41. The first-order chi connectivity index (χ1) is 11.1. The first-order valence-electron chi connectivity index (χ1n) is 7.37. The van der Waals surface area contributed by atoms with Crippen molar-refractivity contribution < 1.29 is 9.53 Å². The van der Waals surface area contributed by atoms with E-state index in [1.165, 1.54) is 0 Å². The Kier molecular flexibility index (Phi) is 4.08. The van der Waals surface area contributed by atoms with E-state index >= 15 is 0 Å². The molecule has 1 aromatic carbocycles. The summed E-state index contributed by atoms with van der Waals surface area (Å²) < 4.78 is 5.26. The van der Waals surface area contributed by atoms with E-state index in [0.29, 0.717) is 43.0 Å². The second-order valence-corrected chi connectivity index (χ2v) is 5.39. The molecule has 1 aromatic rings. The first kappa shape index (κ1) is 15.2. The van der Waals surface area contributed by atoms with E-state index in [1.54, 1.807) is 23.2 Å². The fraction of sp³-hybridized carbons (Fsp3) is 0.235. The Bertz CT molecular complexity index is 725. The summed E-state index contributed by atoms with van der Waals surface area (Å²) in [5, 5.41) is 8.10. The van der Waals surface area contributed by atoms with Gasteiger partial charge in [-0.05, 0) is 17.7 Å². The van der Waals surface area contributed by atoms with Crippen LogP contribution in [0.1, 0.15) is 15.9 Å². The predicted molar refractivity (Wildman–Crippen MR) is 89.6 cm³/mol. The topological polar surface area (TPSA) is 91.8 Å². The lowest BCUT2D eigenvalue weighted by Crippen LogP contribution is -2.40. The number of allylic oxidation sites excluding steroid dienone is 1. The van der Waals surface area contributed by atoms with Crippen LogP contribution in [0.3, 0.4) is 0 Å². The molecule has 2 aliphatic heterocycles. The molecule has 23 heavy (non-hydrogen) atoms. The number of rotatable bonds is 2. The van der Waals surface area contributed by atoms with E-state index in [-0.39, 0.29) is 17.5 Å². The lowest BCUT2D eigenvalue weighted by atomic mass is 9.94. The number of aliphatic imine (C=N–C) groups is 1. The molecule has 118 valence electrons. The Morgan fingerprint density at radius 2 is 1.91 bits per heavy atom. The largest absolute Gasteiger partial charge is 0.383 e. The SMILES string of the molecule is C=C1C(=N)C(c2ccc(C(=O)N3CCOCC3)cc2)=CN=C1N.